The normalized spacial score (nSPS) is 13.3. The quantitative estimate of drug-likeness (QED) is 0.630. The number of nitrogen functional groups attached to an aromatic ring is 1. The lowest BCUT2D eigenvalue weighted by molar-refractivity contribution is -0.123. The lowest BCUT2D eigenvalue weighted by Gasteiger charge is -2.13. The first-order valence-electron chi connectivity index (χ1n) is 8.91. The summed E-state index contributed by atoms with van der Waals surface area (Å²) < 4.78 is 15.9. The number of aromatic nitrogens is 1. The van der Waals surface area contributed by atoms with E-state index < -0.39 is 18.0 Å². The van der Waals surface area contributed by atoms with Crippen LogP contribution in [-0.2, 0) is 9.53 Å². The zero-order valence-corrected chi connectivity index (χ0v) is 16.9. The third-order valence-electron chi connectivity index (χ3n) is 4.50. The first kappa shape index (κ1) is 19.0. The Labute approximate surface area is 170 Å². The van der Waals surface area contributed by atoms with Crippen molar-refractivity contribution in [1.29, 1.82) is 0 Å². The number of fused-ring (bicyclic) bond motifs is 2. The topological polar surface area (TPSA) is 113 Å². The summed E-state index contributed by atoms with van der Waals surface area (Å²) in [6.45, 7) is 5.43. The number of hydrogen-bond donors (Lipinski definition) is 2. The molecular formula is C20H19N3O5S. The van der Waals surface area contributed by atoms with E-state index in [2.05, 4.69) is 10.3 Å². The number of anilines is 2. The Balaban J connectivity index is 1.48. The second-order valence-electron chi connectivity index (χ2n) is 6.71. The minimum atomic E-state index is -1.02. The number of ether oxygens (including phenoxy) is 3. The van der Waals surface area contributed by atoms with Gasteiger partial charge in [-0.3, -0.25) is 4.79 Å². The Morgan fingerprint density at radius 3 is 2.79 bits per heavy atom. The Kier molecular flexibility index (Phi) is 4.75. The molecule has 0 spiro atoms. The summed E-state index contributed by atoms with van der Waals surface area (Å²) in [5.74, 6) is 0.0310. The molecule has 9 heteroatoms. The van der Waals surface area contributed by atoms with Crippen LogP contribution in [-0.4, -0.2) is 29.8 Å². The van der Waals surface area contributed by atoms with Crippen molar-refractivity contribution in [2.45, 2.75) is 26.9 Å². The van der Waals surface area contributed by atoms with E-state index in [4.69, 9.17) is 19.9 Å². The second kappa shape index (κ2) is 7.25. The van der Waals surface area contributed by atoms with Crippen molar-refractivity contribution in [2.75, 3.05) is 17.8 Å². The number of carbonyl (C=O) groups is 2. The maximum absolute atomic E-state index is 12.6. The molecule has 0 bridgehead atoms. The summed E-state index contributed by atoms with van der Waals surface area (Å²) >= 11 is 1.16. The van der Waals surface area contributed by atoms with Gasteiger partial charge in [0.2, 0.25) is 6.79 Å². The monoisotopic (exact) mass is 413 g/mol. The lowest BCUT2D eigenvalue weighted by Crippen LogP contribution is -2.29. The number of pyridine rings is 1. The number of rotatable bonds is 4. The minimum absolute atomic E-state index is 0.144. The number of benzene rings is 1. The molecule has 150 valence electrons. The van der Waals surface area contributed by atoms with Gasteiger partial charge in [-0.1, -0.05) is 0 Å². The van der Waals surface area contributed by atoms with E-state index in [1.54, 1.807) is 18.2 Å². The van der Waals surface area contributed by atoms with Gasteiger partial charge in [-0.05, 0) is 44.5 Å². The molecular weight excluding hydrogens is 394 g/mol. The van der Waals surface area contributed by atoms with Crippen LogP contribution in [0.4, 0.5) is 11.4 Å². The fourth-order valence-corrected chi connectivity index (χ4v) is 4.21. The van der Waals surface area contributed by atoms with Crippen molar-refractivity contribution >= 4 is 44.8 Å². The maximum Gasteiger partial charge on any atom is 0.351 e. The van der Waals surface area contributed by atoms with Crippen molar-refractivity contribution < 1.29 is 23.8 Å². The number of amides is 1. The number of nitrogens with one attached hydrogen (secondary N) is 1. The smallest absolute Gasteiger partial charge is 0.351 e. The standard InChI is InChI=1S/C20H19N3O5S/c1-9-6-10(2)22-19-15(9)16(21)17(29-19)20(25)28-11(3)18(24)23-12-4-5-13-14(7-12)27-8-26-13/h4-7,11H,8,21H2,1-3H3,(H,23,24)/t11-/m0/s1. The summed E-state index contributed by atoms with van der Waals surface area (Å²) in [4.78, 5) is 30.4. The van der Waals surface area contributed by atoms with Gasteiger partial charge in [0.05, 0.1) is 5.69 Å². The number of nitrogens with two attached hydrogens (primary N) is 1. The zero-order valence-electron chi connectivity index (χ0n) is 16.1. The highest BCUT2D eigenvalue weighted by molar-refractivity contribution is 7.21. The van der Waals surface area contributed by atoms with Crippen LogP contribution in [0, 0.1) is 13.8 Å². The average Bonchev–Trinajstić information content (AvgIpc) is 3.25. The van der Waals surface area contributed by atoms with Gasteiger partial charge in [0.25, 0.3) is 5.91 Å². The Bertz CT molecular complexity index is 1140. The third-order valence-corrected chi connectivity index (χ3v) is 5.58. The molecule has 0 fully saturated rings. The van der Waals surface area contributed by atoms with Gasteiger partial charge in [0.1, 0.15) is 9.71 Å². The molecule has 8 nitrogen and oxygen atoms in total. The SMILES string of the molecule is Cc1cc(C)c2c(N)c(C(=O)O[C@@H](C)C(=O)Nc3ccc4c(c3)OCO4)sc2n1. The molecule has 3 N–H and O–H groups in total. The molecule has 1 aromatic carbocycles. The number of esters is 1. The van der Waals surface area contributed by atoms with Crippen LogP contribution in [0.5, 0.6) is 11.5 Å². The number of aryl methyl sites for hydroxylation is 2. The molecule has 0 unspecified atom stereocenters. The average molecular weight is 413 g/mol. The van der Waals surface area contributed by atoms with Crippen LogP contribution in [0.25, 0.3) is 10.2 Å². The third kappa shape index (κ3) is 3.56. The predicted octanol–water partition coefficient (Wildman–Crippen LogP) is 3.41. The molecule has 1 atom stereocenters. The van der Waals surface area contributed by atoms with Crippen molar-refractivity contribution in [1.82, 2.24) is 4.98 Å². The maximum atomic E-state index is 12.6. The van der Waals surface area contributed by atoms with E-state index in [0.717, 1.165) is 28.0 Å². The van der Waals surface area contributed by atoms with Crippen LogP contribution < -0.4 is 20.5 Å². The van der Waals surface area contributed by atoms with Crippen LogP contribution in [0.3, 0.4) is 0 Å². The van der Waals surface area contributed by atoms with E-state index in [1.807, 2.05) is 19.9 Å². The highest BCUT2D eigenvalue weighted by Crippen LogP contribution is 2.36. The van der Waals surface area contributed by atoms with Gasteiger partial charge in [-0.2, -0.15) is 0 Å². The molecule has 0 radical (unpaired) electrons. The zero-order chi connectivity index (χ0) is 20.7. The van der Waals surface area contributed by atoms with E-state index in [9.17, 15) is 9.59 Å². The summed E-state index contributed by atoms with van der Waals surface area (Å²) in [6, 6.07) is 6.93. The summed E-state index contributed by atoms with van der Waals surface area (Å²) in [6.07, 6.45) is -1.02. The summed E-state index contributed by atoms with van der Waals surface area (Å²) in [5, 5.41) is 3.43. The molecule has 1 amide bonds. The van der Waals surface area contributed by atoms with Crippen LogP contribution in [0.1, 0.15) is 27.9 Å². The lowest BCUT2D eigenvalue weighted by atomic mass is 10.1. The van der Waals surface area contributed by atoms with Gasteiger partial charge in [-0.25, -0.2) is 9.78 Å². The summed E-state index contributed by atoms with van der Waals surface area (Å²) in [7, 11) is 0. The highest BCUT2D eigenvalue weighted by Gasteiger charge is 2.25. The van der Waals surface area contributed by atoms with E-state index in [1.165, 1.54) is 6.92 Å². The van der Waals surface area contributed by atoms with Crippen LogP contribution in [0.2, 0.25) is 0 Å². The number of thiophene rings is 1. The molecule has 1 aliphatic rings. The van der Waals surface area contributed by atoms with Gasteiger partial charge < -0.3 is 25.3 Å². The molecule has 0 aliphatic carbocycles. The first-order valence-corrected chi connectivity index (χ1v) is 9.73. The van der Waals surface area contributed by atoms with E-state index in [-0.39, 0.29) is 11.7 Å². The first-order chi connectivity index (χ1) is 13.8. The molecule has 3 heterocycles. The fourth-order valence-electron chi connectivity index (χ4n) is 3.11. The molecule has 29 heavy (non-hydrogen) atoms. The molecule has 1 aliphatic heterocycles. The fraction of sp³-hybridized carbons (Fsp3) is 0.250. The Morgan fingerprint density at radius 2 is 2.00 bits per heavy atom. The number of hydrogen-bond acceptors (Lipinski definition) is 8. The largest absolute Gasteiger partial charge is 0.454 e. The predicted molar refractivity (Wildman–Crippen MR) is 110 cm³/mol. The minimum Gasteiger partial charge on any atom is -0.454 e. The van der Waals surface area contributed by atoms with E-state index in [0.29, 0.717) is 27.7 Å². The van der Waals surface area contributed by atoms with E-state index >= 15 is 0 Å². The summed E-state index contributed by atoms with van der Waals surface area (Å²) in [5.41, 5.74) is 8.78. The second-order valence-corrected chi connectivity index (χ2v) is 7.71. The molecule has 4 rings (SSSR count). The van der Waals surface area contributed by atoms with Gasteiger partial charge in [-0.15, -0.1) is 11.3 Å². The van der Waals surface area contributed by atoms with Crippen LogP contribution >= 0.6 is 11.3 Å². The van der Waals surface area contributed by atoms with Gasteiger partial charge in [0.15, 0.2) is 17.6 Å². The molecule has 0 saturated carbocycles. The van der Waals surface area contributed by atoms with Crippen molar-refractivity contribution in [2.24, 2.45) is 0 Å². The van der Waals surface area contributed by atoms with Gasteiger partial charge in [0, 0.05) is 22.8 Å². The Morgan fingerprint density at radius 1 is 1.24 bits per heavy atom. The van der Waals surface area contributed by atoms with Crippen molar-refractivity contribution in [3.8, 4) is 11.5 Å². The van der Waals surface area contributed by atoms with Crippen molar-refractivity contribution in [3.05, 3.63) is 40.4 Å². The van der Waals surface area contributed by atoms with Gasteiger partial charge >= 0.3 is 5.97 Å². The molecule has 0 saturated heterocycles. The van der Waals surface area contributed by atoms with Crippen LogP contribution in [0.15, 0.2) is 24.3 Å². The molecule has 3 aromatic rings. The number of carbonyl (C=O) groups excluding carboxylic acids is 2. The molecule has 2 aromatic heterocycles. The number of nitrogens with zero attached hydrogens (tertiary/aromatic N) is 1. The van der Waals surface area contributed by atoms with Crippen molar-refractivity contribution in [3.63, 3.8) is 0 Å². The Hall–Kier alpha value is -3.33. The highest BCUT2D eigenvalue weighted by atomic mass is 32.1.